The molecule has 1 aromatic rings. The molecule has 1 spiro atoms. The first kappa shape index (κ1) is 16.5. The Morgan fingerprint density at radius 2 is 2.00 bits per heavy atom. The highest BCUT2D eigenvalue weighted by Gasteiger charge is 2.38. The monoisotopic (exact) mass is 326 g/mol. The first-order valence-corrected chi connectivity index (χ1v) is 8.15. The van der Waals surface area contributed by atoms with Crippen molar-refractivity contribution in [1.82, 2.24) is 10.2 Å². The van der Waals surface area contributed by atoms with E-state index in [-0.39, 0.29) is 5.75 Å². The van der Waals surface area contributed by atoms with Crippen molar-refractivity contribution < 1.29 is 18.3 Å². The molecular weight excluding hydrogens is 302 g/mol. The van der Waals surface area contributed by atoms with Gasteiger partial charge in [-0.15, -0.1) is 0 Å². The van der Waals surface area contributed by atoms with Crippen LogP contribution in [-0.4, -0.2) is 44.8 Å². The standard InChI is InChI=1S/C17H24F2N2O2/c1-22-14-3-2-13(10-15(14)23-16(18)19)11-21-9-6-17(12-21)4-7-20-8-5-17/h2-3,10,16,20H,4-9,11-12H2,1H3. The third-order valence-electron chi connectivity index (χ3n) is 5.03. The molecular formula is C17H24F2N2O2. The van der Waals surface area contributed by atoms with Crippen molar-refractivity contribution in [3.05, 3.63) is 23.8 Å². The van der Waals surface area contributed by atoms with Gasteiger partial charge in [-0.05, 0) is 62.0 Å². The molecule has 2 fully saturated rings. The number of piperidine rings is 1. The zero-order chi connectivity index (χ0) is 16.3. The largest absolute Gasteiger partial charge is 0.493 e. The highest BCUT2D eigenvalue weighted by molar-refractivity contribution is 5.43. The van der Waals surface area contributed by atoms with Crippen LogP contribution in [0, 0.1) is 5.41 Å². The highest BCUT2D eigenvalue weighted by Crippen LogP contribution is 2.39. The maximum atomic E-state index is 12.5. The summed E-state index contributed by atoms with van der Waals surface area (Å²) >= 11 is 0. The molecule has 0 bridgehead atoms. The van der Waals surface area contributed by atoms with Crippen LogP contribution in [0.1, 0.15) is 24.8 Å². The number of hydrogen-bond acceptors (Lipinski definition) is 4. The topological polar surface area (TPSA) is 33.7 Å². The second-order valence-electron chi connectivity index (χ2n) is 6.57. The normalized spacial score (nSPS) is 21.0. The molecule has 0 radical (unpaired) electrons. The first-order chi connectivity index (χ1) is 11.1. The third-order valence-corrected chi connectivity index (χ3v) is 5.03. The van der Waals surface area contributed by atoms with E-state index in [1.54, 1.807) is 12.1 Å². The van der Waals surface area contributed by atoms with Gasteiger partial charge in [0.2, 0.25) is 0 Å². The molecule has 128 valence electrons. The second kappa shape index (κ2) is 7.01. The highest BCUT2D eigenvalue weighted by atomic mass is 19.3. The van der Waals surface area contributed by atoms with Crippen LogP contribution < -0.4 is 14.8 Å². The number of halogens is 2. The van der Waals surface area contributed by atoms with E-state index in [1.165, 1.54) is 26.4 Å². The van der Waals surface area contributed by atoms with Crippen molar-refractivity contribution in [2.75, 3.05) is 33.3 Å². The predicted molar refractivity (Wildman–Crippen MR) is 84.1 cm³/mol. The van der Waals surface area contributed by atoms with Crippen molar-refractivity contribution in [2.24, 2.45) is 5.41 Å². The average molecular weight is 326 g/mol. The zero-order valence-electron chi connectivity index (χ0n) is 13.5. The molecule has 4 nitrogen and oxygen atoms in total. The van der Waals surface area contributed by atoms with Gasteiger partial charge in [0.25, 0.3) is 0 Å². The number of nitrogens with one attached hydrogen (secondary N) is 1. The summed E-state index contributed by atoms with van der Waals surface area (Å²) in [5.41, 5.74) is 1.42. The maximum Gasteiger partial charge on any atom is 0.387 e. The Labute approximate surface area is 135 Å². The van der Waals surface area contributed by atoms with Crippen LogP contribution in [0.4, 0.5) is 8.78 Å². The number of hydrogen-bond donors (Lipinski definition) is 1. The van der Waals surface area contributed by atoms with E-state index in [4.69, 9.17) is 4.74 Å². The van der Waals surface area contributed by atoms with E-state index in [0.29, 0.717) is 11.2 Å². The molecule has 23 heavy (non-hydrogen) atoms. The lowest BCUT2D eigenvalue weighted by molar-refractivity contribution is -0.0512. The summed E-state index contributed by atoms with van der Waals surface area (Å²) in [5.74, 6) is 0.445. The minimum Gasteiger partial charge on any atom is -0.493 e. The summed E-state index contributed by atoms with van der Waals surface area (Å²) in [6.45, 7) is 2.27. The molecule has 2 heterocycles. The van der Waals surface area contributed by atoms with Crippen LogP contribution in [0.15, 0.2) is 18.2 Å². The van der Waals surface area contributed by atoms with Gasteiger partial charge in [-0.25, -0.2) is 0 Å². The van der Waals surface area contributed by atoms with Crippen LogP contribution in [0.2, 0.25) is 0 Å². The molecule has 0 unspecified atom stereocenters. The van der Waals surface area contributed by atoms with E-state index in [9.17, 15) is 8.78 Å². The molecule has 0 saturated carbocycles. The fraction of sp³-hybridized carbons (Fsp3) is 0.647. The van der Waals surface area contributed by atoms with Crippen molar-refractivity contribution in [2.45, 2.75) is 32.4 Å². The number of methoxy groups -OCH3 is 1. The molecule has 0 aliphatic carbocycles. The fourth-order valence-corrected chi connectivity index (χ4v) is 3.79. The lowest BCUT2D eigenvalue weighted by atomic mass is 9.78. The summed E-state index contributed by atoms with van der Waals surface area (Å²) in [6.07, 6.45) is 3.68. The minimum absolute atomic E-state index is 0.107. The van der Waals surface area contributed by atoms with Crippen LogP contribution >= 0.6 is 0 Å². The Morgan fingerprint density at radius 1 is 1.22 bits per heavy atom. The van der Waals surface area contributed by atoms with Crippen LogP contribution in [0.25, 0.3) is 0 Å². The van der Waals surface area contributed by atoms with Gasteiger partial charge in [-0.2, -0.15) is 8.78 Å². The molecule has 1 N–H and O–H groups in total. The van der Waals surface area contributed by atoms with Crippen molar-refractivity contribution in [3.8, 4) is 11.5 Å². The molecule has 0 aromatic heterocycles. The number of benzene rings is 1. The molecule has 0 atom stereocenters. The van der Waals surface area contributed by atoms with E-state index in [1.807, 2.05) is 6.07 Å². The molecule has 3 rings (SSSR count). The maximum absolute atomic E-state index is 12.5. The Kier molecular flexibility index (Phi) is 5.02. The third kappa shape index (κ3) is 3.93. The first-order valence-electron chi connectivity index (χ1n) is 8.15. The molecule has 2 saturated heterocycles. The molecule has 1 aromatic carbocycles. The van der Waals surface area contributed by atoms with Gasteiger partial charge in [-0.1, -0.05) is 6.07 Å². The quantitative estimate of drug-likeness (QED) is 0.902. The molecule has 0 amide bonds. The zero-order valence-corrected chi connectivity index (χ0v) is 13.5. The lowest BCUT2D eigenvalue weighted by Crippen LogP contribution is -2.38. The van der Waals surface area contributed by atoms with Gasteiger partial charge >= 0.3 is 6.61 Å². The smallest absolute Gasteiger partial charge is 0.387 e. The van der Waals surface area contributed by atoms with Gasteiger partial charge < -0.3 is 14.8 Å². The Bertz CT molecular complexity index is 533. The van der Waals surface area contributed by atoms with Crippen LogP contribution in [0.5, 0.6) is 11.5 Å². The van der Waals surface area contributed by atoms with E-state index in [2.05, 4.69) is 15.0 Å². The predicted octanol–water partition coefficient (Wildman–Crippen LogP) is 2.87. The fourth-order valence-electron chi connectivity index (χ4n) is 3.79. The Hall–Kier alpha value is -1.40. The van der Waals surface area contributed by atoms with Crippen LogP contribution in [0.3, 0.4) is 0 Å². The van der Waals surface area contributed by atoms with Crippen LogP contribution in [-0.2, 0) is 6.54 Å². The summed E-state index contributed by atoms with van der Waals surface area (Å²) in [7, 11) is 1.45. The SMILES string of the molecule is COc1ccc(CN2CCC3(CCNCC3)C2)cc1OC(F)F. The van der Waals surface area contributed by atoms with Gasteiger partial charge in [0.1, 0.15) is 0 Å². The second-order valence-corrected chi connectivity index (χ2v) is 6.57. The summed E-state index contributed by atoms with van der Waals surface area (Å²) < 4.78 is 34.7. The number of rotatable bonds is 5. The van der Waals surface area contributed by atoms with E-state index >= 15 is 0 Å². The number of alkyl halides is 2. The van der Waals surface area contributed by atoms with Crippen molar-refractivity contribution in [1.29, 1.82) is 0 Å². The van der Waals surface area contributed by atoms with E-state index in [0.717, 1.165) is 38.3 Å². The summed E-state index contributed by atoms with van der Waals surface area (Å²) in [4.78, 5) is 2.42. The average Bonchev–Trinajstić information content (AvgIpc) is 2.90. The molecule has 2 aliphatic heterocycles. The number of nitrogens with zero attached hydrogens (tertiary/aromatic N) is 1. The molecule has 2 aliphatic rings. The van der Waals surface area contributed by atoms with E-state index < -0.39 is 6.61 Å². The van der Waals surface area contributed by atoms with Gasteiger partial charge in [0, 0.05) is 13.1 Å². The van der Waals surface area contributed by atoms with Gasteiger partial charge in [0.15, 0.2) is 11.5 Å². The Balaban J connectivity index is 1.66. The number of ether oxygens (including phenoxy) is 2. The van der Waals surface area contributed by atoms with Crippen molar-refractivity contribution >= 4 is 0 Å². The summed E-state index contributed by atoms with van der Waals surface area (Å²) in [5, 5.41) is 3.42. The Morgan fingerprint density at radius 3 is 2.70 bits per heavy atom. The van der Waals surface area contributed by atoms with Gasteiger partial charge in [-0.3, -0.25) is 4.90 Å². The molecule has 6 heteroatoms. The minimum atomic E-state index is -2.84. The summed E-state index contributed by atoms with van der Waals surface area (Å²) in [6, 6.07) is 5.28. The number of likely N-dealkylation sites (tertiary alicyclic amines) is 1. The van der Waals surface area contributed by atoms with Gasteiger partial charge in [0.05, 0.1) is 7.11 Å². The lowest BCUT2D eigenvalue weighted by Gasteiger charge is -2.34. The van der Waals surface area contributed by atoms with Crippen molar-refractivity contribution in [3.63, 3.8) is 0 Å².